The van der Waals surface area contributed by atoms with E-state index in [1.807, 2.05) is 6.92 Å². The van der Waals surface area contributed by atoms with Crippen molar-refractivity contribution in [3.8, 4) is 5.75 Å². The Labute approximate surface area is 190 Å². The van der Waals surface area contributed by atoms with Crippen LogP contribution in [0.15, 0.2) is 42.5 Å². The molecule has 2 aliphatic heterocycles. The maximum atomic E-state index is 12.7. The van der Waals surface area contributed by atoms with Gasteiger partial charge in [-0.05, 0) is 50.1 Å². The molecule has 172 valence electrons. The van der Waals surface area contributed by atoms with Crippen molar-refractivity contribution in [1.29, 1.82) is 0 Å². The van der Waals surface area contributed by atoms with Crippen molar-refractivity contribution in [3.05, 3.63) is 59.2 Å². The number of para-hydroxylation sites is 2. The Bertz CT molecular complexity index is 1090. The molecule has 0 radical (unpaired) electrons. The molecular weight excluding hydrogens is 428 g/mol. The number of anilines is 1. The van der Waals surface area contributed by atoms with E-state index in [-0.39, 0.29) is 29.3 Å². The topological polar surface area (TPSA) is 111 Å². The molecule has 3 amide bonds. The van der Waals surface area contributed by atoms with Crippen LogP contribution in [0.1, 0.15) is 50.8 Å². The monoisotopic (exact) mass is 452 g/mol. The molecule has 9 nitrogen and oxygen atoms in total. The van der Waals surface area contributed by atoms with Crippen LogP contribution in [0.3, 0.4) is 0 Å². The first kappa shape index (κ1) is 22.5. The van der Waals surface area contributed by atoms with E-state index in [4.69, 9.17) is 14.2 Å². The van der Waals surface area contributed by atoms with E-state index >= 15 is 0 Å². The second kappa shape index (κ2) is 9.83. The van der Waals surface area contributed by atoms with E-state index in [9.17, 15) is 19.2 Å². The van der Waals surface area contributed by atoms with Gasteiger partial charge in [-0.3, -0.25) is 19.3 Å². The third-order valence-electron chi connectivity index (χ3n) is 5.41. The highest BCUT2D eigenvalue weighted by molar-refractivity contribution is 6.22. The number of carbonyl (C=O) groups is 4. The van der Waals surface area contributed by atoms with Crippen LogP contribution in [-0.2, 0) is 14.3 Å². The normalized spacial score (nSPS) is 17.1. The summed E-state index contributed by atoms with van der Waals surface area (Å²) in [5.41, 5.74) is 0.923. The first-order chi connectivity index (χ1) is 16.0. The number of ether oxygens (including phenoxy) is 3. The van der Waals surface area contributed by atoms with Crippen molar-refractivity contribution in [2.45, 2.75) is 25.9 Å². The molecule has 1 N–H and O–H groups in total. The maximum absolute atomic E-state index is 12.7. The molecule has 2 heterocycles. The van der Waals surface area contributed by atoms with Crippen LogP contribution in [0, 0.1) is 0 Å². The molecule has 1 atom stereocenters. The molecule has 0 aliphatic carbocycles. The minimum atomic E-state index is -0.774. The highest BCUT2D eigenvalue weighted by Crippen LogP contribution is 2.27. The standard InChI is InChI=1S/C24H24N2O7/c1-2-31-20-8-4-3-7-19(20)25-21(27)14-33-24(30)15-9-10-17-18(12-15)23(29)26(22(17)28)13-16-6-5-11-32-16/h3-4,7-10,12,16H,2,5-6,11,13-14H2,1H3,(H,25,27)/t16-/m0/s1. The molecule has 9 heteroatoms. The van der Waals surface area contributed by atoms with Gasteiger partial charge in [-0.15, -0.1) is 0 Å². The highest BCUT2D eigenvalue weighted by Gasteiger charge is 2.38. The lowest BCUT2D eigenvalue weighted by Gasteiger charge is -2.17. The molecule has 0 aromatic heterocycles. The summed E-state index contributed by atoms with van der Waals surface area (Å²) in [5.74, 6) is -1.67. The van der Waals surface area contributed by atoms with Crippen LogP contribution in [0.2, 0.25) is 0 Å². The number of nitrogens with zero attached hydrogens (tertiary/aromatic N) is 1. The van der Waals surface area contributed by atoms with Crippen molar-refractivity contribution in [1.82, 2.24) is 4.90 Å². The number of hydrogen-bond donors (Lipinski definition) is 1. The van der Waals surface area contributed by atoms with E-state index in [0.717, 1.165) is 17.7 Å². The first-order valence-electron chi connectivity index (χ1n) is 10.8. The second-order valence-corrected chi connectivity index (χ2v) is 7.67. The number of amides is 3. The summed E-state index contributed by atoms with van der Waals surface area (Å²) >= 11 is 0. The van der Waals surface area contributed by atoms with Crippen LogP contribution in [-0.4, -0.2) is 61.1 Å². The Hall–Kier alpha value is -3.72. The fourth-order valence-electron chi connectivity index (χ4n) is 3.83. The lowest BCUT2D eigenvalue weighted by Crippen LogP contribution is -2.36. The highest BCUT2D eigenvalue weighted by atomic mass is 16.5. The minimum Gasteiger partial charge on any atom is -0.492 e. The van der Waals surface area contributed by atoms with Gasteiger partial charge in [0.2, 0.25) is 0 Å². The Balaban J connectivity index is 1.37. The van der Waals surface area contributed by atoms with Gasteiger partial charge in [-0.2, -0.15) is 0 Å². The Morgan fingerprint density at radius 2 is 1.91 bits per heavy atom. The number of carbonyl (C=O) groups excluding carboxylic acids is 4. The van der Waals surface area contributed by atoms with E-state index in [1.54, 1.807) is 24.3 Å². The fraction of sp³-hybridized carbons (Fsp3) is 0.333. The van der Waals surface area contributed by atoms with Crippen molar-refractivity contribution in [2.24, 2.45) is 0 Å². The minimum absolute atomic E-state index is 0.0800. The van der Waals surface area contributed by atoms with Gasteiger partial charge in [-0.25, -0.2) is 4.79 Å². The van der Waals surface area contributed by atoms with E-state index in [0.29, 0.717) is 24.7 Å². The summed E-state index contributed by atoms with van der Waals surface area (Å²) in [6.07, 6.45) is 1.53. The summed E-state index contributed by atoms with van der Waals surface area (Å²) in [7, 11) is 0. The number of rotatable bonds is 8. The smallest absolute Gasteiger partial charge is 0.338 e. The van der Waals surface area contributed by atoms with E-state index < -0.39 is 30.3 Å². The summed E-state index contributed by atoms with van der Waals surface area (Å²) in [6.45, 7) is 2.56. The third-order valence-corrected chi connectivity index (χ3v) is 5.41. The SMILES string of the molecule is CCOc1ccccc1NC(=O)COC(=O)c1ccc2c(c1)C(=O)N(C[C@@H]1CCCO1)C2=O. The molecule has 0 unspecified atom stereocenters. The van der Waals surface area contributed by atoms with Gasteiger partial charge in [0, 0.05) is 6.61 Å². The Kier molecular flexibility index (Phi) is 6.69. The molecule has 33 heavy (non-hydrogen) atoms. The summed E-state index contributed by atoms with van der Waals surface area (Å²) in [5, 5.41) is 2.64. The molecule has 0 bridgehead atoms. The molecule has 4 rings (SSSR count). The molecule has 1 saturated heterocycles. The lowest BCUT2D eigenvalue weighted by molar-refractivity contribution is -0.119. The predicted molar refractivity (Wildman–Crippen MR) is 117 cm³/mol. The molecule has 2 aromatic rings. The zero-order valence-electron chi connectivity index (χ0n) is 18.2. The van der Waals surface area contributed by atoms with Crippen LogP contribution in [0.25, 0.3) is 0 Å². The lowest BCUT2D eigenvalue weighted by atomic mass is 10.1. The maximum Gasteiger partial charge on any atom is 0.338 e. The summed E-state index contributed by atoms with van der Waals surface area (Å²) < 4.78 is 16.1. The van der Waals surface area contributed by atoms with Gasteiger partial charge in [0.05, 0.1) is 41.6 Å². The quantitative estimate of drug-likeness (QED) is 0.484. The van der Waals surface area contributed by atoms with Crippen LogP contribution < -0.4 is 10.1 Å². The number of fused-ring (bicyclic) bond motifs is 1. The number of nitrogens with one attached hydrogen (secondary N) is 1. The van der Waals surface area contributed by atoms with Crippen molar-refractivity contribution < 1.29 is 33.4 Å². The third kappa shape index (κ3) is 4.88. The molecule has 1 fully saturated rings. The largest absolute Gasteiger partial charge is 0.492 e. The number of esters is 1. The van der Waals surface area contributed by atoms with Crippen molar-refractivity contribution in [2.75, 3.05) is 31.7 Å². The summed E-state index contributed by atoms with van der Waals surface area (Å²) in [4.78, 5) is 51.2. The molecule has 2 aromatic carbocycles. The van der Waals surface area contributed by atoms with Gasteiger partial charge in [-0.1, -0.05) is 12.1 Å². The number of hydrogen-bond acceptors (Lipinski definition) is 7. The van der Waals surface area contributed by atoms with Crippen molar-refractivity contribution in [3.63, 3.8) is 0 Å². The van der Waals surface area contributed by atoms with Crippen LogP contribution in [0.4, 0.5) is 5.69 Å². The molecule has 2 aliphatic rings. The fourth-order valence-corrected chi connectivity index (χ4v) is 3.83. The van der Waals surface area contributed by atoms with Gasteiger partial charge in [0.25, 0.3) is 17.7 Å². The Morgan fingerprint density at radius 1 is 1.12 bits per heavy atom. The average molecular weight is 452 g/mol. The summed E-state index contributed by atoms with van der Waals surface area (Å²) in [6, 6.07) is 11.1. The molecule has 0 saturated carbocycles. The zero-order chi connectivity index (χ0) is 23.4. The van der Waals surface area contributed by atoms with Crippen LogP contribution >= 0.6 is 0 Å². The Morgan fingerprint density at radius 3 is 2.67 bits per heavy atom. The van der Waals surface area contributed by atoms with Crippen LogP contribution in [0.5, 0.6) is 5.75 Å². The van der Waals surface area contributed by atoms with Crippen molar-refractivity contribution >= 4 is 29.4 Å². The molecule has 0 spiro atoms. The van der Waals surface area contributed by atoms with E-state index in [2.05, 4.69) is 5.32 Å². The van der Waals surface area contributed by atoms with Gasteiger partial charge in [0.15, 0.2) is 6.61 Å². The zero-order valence-corrected chi connectivity index (χ0v) is 18.2. The van der Waals surface area contributed by atoms with E-state index in [1.165, 1.54) is 18.2 Å². The predicted octanol–water partition coefficient (Wildman–Crippen LogP) is 2.66. The average Bonchev–Trinajstić information content (AvgIpc) is 3.42. The number of imide groups is 1. The van der Waals surface area contributed by atoms with Gasteiger partial charge >= 0.3 is 5.97 Å². The molecular formula is C24H24N2O7. The first-order valence-corrected chi connectivity index (χ1v) is 10.8. The number of benzene rings is 2. The van der Waals surface area contributed by atoms with Gasteiger partial charge in [0.1, 0.15) is 5.75 Å². The van der Waals surface area contributed by atoms with Gasteiger partial charge < -0.3 is 19.5 Å². The second-order valence-electron chi connectivity index (χ2n) is 7.67.